The summed E-state index contributed by atoms with van der Waals surface area (Å²) in [6.45, 7) is 8.48. The van der Waals surface area contributed by atoms with Crippen LogP contribution in [-0.2, 0) is 4.79 Å². The summed E-state index contributed by atoms with van der Waals surface area (Å²) in [5.74, 6) is 0.0337. The van der Waals surface area contributed by atoms with Crippen LogP contribution in [0, 0.1) is 0 Å². The zero-order chi connectivity index (χ0) is 17.9. The molecule has 0 aromatic carbocycles. The number of carbonyl (C=O) groups is 1. The summed E-state index contributed by atoms with van der Waals surface area (Å²) >= 11 is 0. The fourth-order valence-corrected chi connectivity index (χ4v) is 2.68. The molecule has 0 rings (SSSR count). The number of aliphatic hydroxyl groups excluding tert-OH is 1. The maximum absolute atomic E-state index is 11.7. The maximum Gasteiger partial charge on any atom is 0.243 e. The zero-order valence-electron chi connectivity index (χ0n) is 16.1. The number of nitrogens with zero attached hydrogens (tertiary/aromatic N) is 1. The average molecular weight is 341 g/mol. The fourth-order valence-electron chi connectivity index (χ4n) is 2.68. The third-order valence-corrected chi connectivity index (χ3v) is 4.30. The lowest BCUT2D eigenvalue weighted by Crippen LogP contribution is -2.34. The second-order valence-corrected chi connectivity index (χ2v) is 6.47. The van der Waals surface area contributed by atoms with Crippen LogP contribution >= 0.6 is 0 Å². The SMILES string of the molecule is CCCCC/C=C/C(=O)NCCN(CC)CCCCCCCCO. The summed E-state index contributed by atoms with van der Waals surface area (Å²) in [6, 6.07) is 0. The predicted molar refractivity (Wildman–Crippen MR) is 103 cm³/mol. The van der Waals surface area contributed by atoms with Crippen molar-refractivity contribution in [3.63, 3.8) is 0 Å². The summed E-state index contributed by atoms with van der Waals surface area (Å²) in [5.41, 5.74) is 0. The smallest absolute Gasteiger partial charge is 0.243 e. The molecule has 0 spiro atoms. The van der Waals surface area contributed by atoms with Crippen molar-refractivity contribution in [1.29, 1.82) is 0 Å². The minimum absolute atomic E-state index is 0.0337. The van der Waals surface area contributed by atoms with Crippen LogP contribution in [-0.4, -0.2) is 48.7 Å². The Morgan fingerprint density at radius 1 is 0.958 bits per heavy atom. The van der Waals surface area contributed by atoms with Gasteiger partial charge in [0.15, 0.2) is 0 Å². The number of hydrogen-bond acceptors (Lipinski definition) is 3. The highest BCUT2D eigenvalue weighted by molar-refractivity contribution is 5.87. The molecule has 142 valence electrons. The first-order valence-electron chi connectivity index (χ1n) is 10.0. The number of unbranched alkanes of at least 4 members (excludes halogenated alkanes) is 8. The number of aliphatic hydroxyl groups is 1. The number of rotatable bonds is 17. The molecule has 0 aromatic rings. The molecule has 4 heteroatoms. The zero-order valence-corrected chi connectivity index (χ0v) is 16.1. The van der Waals surface area contributed by atoms with Gasteiger partial charge in [0.05, 0.1) is 0 Å². The van der Waals surface area contributed by atoms with Crippen LogP contribution in [0.2, 0.25) is 0 Å². The molecule has 0 atom stereocenters. The second kappa shape index (κ2) is 18.5. The Labute approximate surface area is 149 Å². The number of amides is 1. The van der Waals surface area contributed by atoms with E-state index in [9.17, 15) is 4.79 Å². The molecule has 0 heterocycles. The normalized spacial score (nSPS) is 11.5. The maximum atomic E-state index is 11.7. The van der Waals surface area contributed by atoms with Crippen molar-refractivity contribution < 1.29 is 9.90 Å². The first-order valence-corrected chi connectivity index (χ1v) is 10.0. The number of allylic oxidation sites excluding steroid dienone is 1. The Bertz CT molecular complexity index is 306. The molecule has 0 radical (unpaired) electrons. The number of hydrogen-bond donors (Lipinski definition) is 2. The molecule has 0 bridgehead atoms. The Balaban J connectivity index is 3.58. The monoisotopic (exact) mass is 340 g/mol. The van der Waals surface area contributed by atoms with Gasteiger partial charge in [-0.1, -0.05) is 58.4 Å². The summed E-state index contributed by atoms with van der Waals surface area (Å²) < 4.78 is 0. The number of carbonyl (C=O) groups excluding carboxylic acids is 1. The van der Waals surface area contributed by atoms with Gasteiger partial charge in [-0.2, -0.15) is 0 Å². The molecule has 0 aliphatic heterocycles. The van der Waals surface area contributed by atoms with Gasteiger partial charge in [-0.3, -0.25) is 4.79 Å². The van der Waals surface area contributed by atoms with E-state index in [1.165, 1.54) is 44.9 Å². The highest BCUT2D eigenvalue weighted by Crippen LogP contribution is 2.06. The Morgan fingerprint density at radius 3 is 2.33 bits per heavy atom. The average Bonchev–Trinajstić information content (AvgIpc) is 2.59. The van der Waals surface area contributed by atoms with Gasteiger partial charge < -0.3 is 15.3 Å². The van der Waals surface area contributed by atoms with E-state index in [0.717, 1.165) is 45.4 Å². The van der Waals surface area contributed by atoms with E-state index in [0.29, 0.717) is 6.61 Å². The van der Waals surface area contributed by atoms with Crippen molar-refractivity contribution >= 4 is 5.91 Å². The van der Waals surface area contributed by atoms with Crippen molar-refractivity contribution in [1.82, 2.24) is 10.2 Å². The van der Waals surface area contributed by atoms with E-state index in [-0.39, 0.29) is 5.91 Å². The molecule has 24 heavy (non-hydrogen) atoms. The third-order valence-electron chi connectivity index (χ3n) is 4.30. The summed E-state index contributed by atoms with van der Waals surface area (Å²) in [7, 11) is 0. The molecule has 0 aliphatic carbocycles. The Morgan fingerprint density at radius 2 is 1.67 bits per heavy atom. The minimum atomic E-state index is 0.0337. The number of nitrogens with one attached hydrogen (secondary N) is 1. The molecule has 4 nitrogen and oxygen atoms in total. The molecular formula is C20H40N2O2. The predicted octanol–water partition coefficient (Wildman–Crippen LogP) is 3.89. The van der Waals surface area contributed by atoms with Crippen molar-refractivity contribution in [3.8, 4) is 0 Å². The van der Waals surface area contributed by atoms with Crippen molar-refractivity contribution in [2.75, 3.05) is 32.8 Å². The quantitative estimate of drug-likeness (QED) is 0.312. The molecule has 2 N–H and O–H groups in total. The molecule has 0 saturated carbocycles. The lowest BCUT2D eigenvalue weighted by atomic mass is 10.1. The van der Waals surface area contributed by atoms with Gasteiger partial charge in [-0.25, -0.2) is 0 Å². The molecular weight excluding hydrogens is 300 g/mol. The first kappa shape index (κ1) is 23.1. The minimum Gasteiger partial charge on any atom is -0.396 e. The molecule has 0 fully saturated rings. The van der Waals surface area contributed by atoms with Gasteiger partial charge in [0, 0.05) is 19.7 Å². The van der Waals surface area contributed by atoms with Crippen LogP contribution in [0.15, 0.2) is 12.2 Å². The molecule has 0 saturated heterocycles. The number of likely N-dealkylation sites (N-methyl/N-ethyl adjacent to an activating group) is 1. The lowest BCUT2D eigenvalue weighted by molar-refractivity contribution is -0.116. The van der Waals surface area contributed by atoms with Crippen molar-refractivity contribution in [3.05, 3.63) is 12.2 Å². The second-order valence-electron chi connectivity index (χ2n) is 6.47. The van der Waals surface area contributed by atoms with Crippen LogP contribution in [0.5, 0.6) is 0 Å². The van der Waals surface area contributed by atoms with Crippen LogP contribution in [0.1, 0.15) is 78.1 Å². The third kappa shape index (κ3) is 16.0. The molecule has 0 unspecified atom stereocenters. The summed E-state index contributed by atoms with van der Waals surface area (Å²) in [6.07, 6.45) is 15.3. The van der Waals surface area contributed by atoms with Gasteiger partial charge in [-0.15, -0.1) is 0 Å². The van der Waals surface area contributed by atoms with Crippen molar-refractivity contribution in [2.24, 2.45) is 0 Å². The van der Waals surface area contributed by atoms with Crippen LogP contribution in [0.3, 0.4) is 0 Å². The highest BCUT2D eigenvalue weighted by atomic mass is 16.2. The summed E-state index contributed by atoms with van der Waals surface area (Å²) in [4.78, 5) is 14.1. The topological polar surface area (TPSA) is 52.6 Å². The Kier molecular flexibility index (Phi) is 17.8. The molecule has 0 aliphatic rings. The van der Waals surface area contributed by atoms with Gasteiger partial charge in [-0.05, 0) is 44.8 Å². The van der Waals surface area contributed by atoms with Crippen LogP contribution < -0.4 is 5.32 Å². The van der Waals surface area contributed by atoms with Gasteiger partial charge in [0.1, 0.15) is 0 Å². The standard InChI is InChI=1S/C20H40N2O2/c1-3-5-6-9-12-15-20(24)21-16-18-22(4-2)17-13-10-7-8-11-14-19-23/h12,15,23H,3-11,13-14,16-19H2,1-2H3,(H,21,24)/b15-12+. The van der Waals surface area contributed by atoms with Gasteiger partial charge in [0.2, 0.25) is 5.91 Å². The van der Waals surface area contributed by atoms with E-state index in [4.69, 9.17) is 5.11 Å². The van der Waals surface area contributed by atoms with E-state index in [1.807, 2.05) is 6.08 Å². The molecule has 0 aromatic heterocycles. The van der Waals surface area contributed by atoms with E-state index >= 15 is 0 Å². The van der Waals surface area contributed by atoms with Gasteiger partial charge >= 0.3 is 0 Å². The first-order chi connectivity index (χ1) is 11.7. The largest absolute Gasteiger partial charge is 0.396 e. The van der Waals surface area contributed by atoms with Crippen molar-refractivity contribution in [2.45, 2.75) is 78.1 Å². The fraction of sp³-hybridized carbons (Fsp3) is 0.850. The summed E-state index contributed by atoms with van der Waals surface area (Å²) in [5, 5.41) is 11.7. The lowest BCUT2D eigenvalue weighted by Gasteiger charge is -2.20. The van der Waals surface area contributed by atoms with E-state index in [1.54, 1.807) is 6.08 Å². The Hall–Kier alpha value is -0.870. The van der Waals surface area contributed by atoms with E-state index in [2.05, 4.69) is 24.1 Å². The highest BCUT2D eigenvalue weighted by Gasteiger charge is 2.02. The molecule has 1 amide bonds. The van der Waals surface area contributed by atoms with Crippen LogP contribution in [0.4, 0.5) is 0 Å². The van der Waals surface area contributed by atoms with Crippen LogP contribution in [0.25, 0.3) is 0 Å². The van der Waals surface area contributed by atoms with Gasteiger partial charge in [0.25, 0.3) is 0 Å². The van der Waals surface area contributed by atoms with E-state index < -0.39 is 0 Å².